The first-order chi connectivity index (χ1) is 16.0. The average molecular weight is 501 g/mol. The predicted molar refractivity (Wildman–Crippen MR) is 111 cm³/mol. The maximum atomic E-state index is 14.6. The molecule has 0 spiro atoms. The molecule has 0 bridgehead atoms. The second-order valence-corrected chi connectivity index (χ2v) is 8.84. The number of hydrogen-bond acceptors (Lipinski definition) is 5. The van der Waals surface area contributed by atoms with E-state index in [2.05, 4.69) is 9.97 Å². The third kappa shape index (κ3) is 4.86. The molecule has 3 aromatic rings. The first kappa shape index (κ1) is 24.0. The van der Waals surface area contributed by atoms with Gasteiger partial charge in [0.25, 0.3) is 11.8 Å². The number of thiazole rings is 1. The van der Waals surface area contributed by atoms with Gasteiger partial charge < -0.3 is 9.64 Å². The van der Waals surface area contributed by atoms with Crippen LogP contribution in [-0.2, 0) is 6.18 Å². The highest BCUT2D eigenvalue weighted by Crippen LogP contribution is 2.38. The van der Waals surface area contributed by atoms with Crippen LogP contribution in [0.4, 0.5) is 26.3 Å². The van der Waals surface area contributed by atoms with Crippen molar-refractivity contribution >= 4 is 17.2 Å². The van der Waals surface area contributed by atoms with Crippen LogP contribution in [0.1, 0.15) is 27.5 Å². The lowest BCUT2D eigenvalue weighted by atomic mass is 10.1. The summed E-state index contributed by atoms with van der Waals surface area (Å²) in [4.78, 5) is 22.4. The summed E-state index contributed by atoms with van der Waals surface area (Å²) in [5.74, 6) is -4.77. The molecule has 1 fully saturated rings. The third-order valence-corrected chi connectivity index (χ3v) is 6.33. The highest BCUT2D eigenvalue weighted by molar-refractivity contribution is 7.15. The second-order valence-electron chi connectivity index (χ2n) is 7.64. The number of aryl methyl sites for hydroxylation is 1. The van der Waals surface area contributed by atoms with E-state index in [1.807, 2.05) is 0 Å². The Balaban J connectivity index is 1.56. The molecular weight excluding hydrogens is 484 g/mol. The van der Waals surface area contributed by atoms with Gasteiger partial charge >= 0.3 is 6.18 Å². The number of alkyl halides is 5. The number of benzene rings is 1. The molecule has 0 saturated carbocycles. The molecule has 1 aromatic carbocycles. The lowest BCUT2D eigenvalue weighted by molar-refractivity contribution is -0.137. The minimum absolute atomic E-state index is 0.0375. The maximum Gasteiger partial charge on any atom is 0.417 e. The van der Waals surface area contributed by atoms with E-state index in [0.29, 0.717) is 21.6 Å². The van der Waals surface area contributed by atoms with Crippen molar-refractivity contribution in [3.8, 4) is 16.3 Å². The van der Waals surface area contributed by atoms with Crippen LogP contribution in [-0.4, -0.2) is 45.9 Å². The number of pyridine rings is 1. The van der Waals surface area contributed by atoms with Gasteiger partial charge in [0.15, 0.2) is 0 Å². The average Bonchev–Trinajstić information content (AvgIpc) is 3.31. The molecule has 4 rings (SSSR count). The number of carbonyl (C=O) groups excluding carboxylic acids is 1. The Kier molecular flexibility index (Phi) is 6.28. The van der Waals surface area contributed by atoms with Crippen molar-refractivity contribution < 1.29 is 35.9 Å². The molecule has 0 N–H and O–H groups in total. The summed E-state index contributed by atoms with van der Waals surface area (Å²) in [5, 5.41) is 0.524. The van der Waals surface area contributed by atoms with Gasteiger partial charge in [0.1, 0.15) is 24.2 Å². The Morgan fingerprint density at radius 1 is 1.21 bits per heavy atom. The van der Waals surface area contributed by atoms with Gasteiger partial charge in [0.05, 0.1) is 15.4 Å². The zero-order valence-corrected chi connectivity index (χ0v) is 18.4. The SMILES string of the molecule is Cc1nc(C(=O)N2CCC(F)(F)[C@H]2COc2ccc(C(F)(F)F)cn2)c(-c2ccc(F)cc2)s1. The second kappa shape index (κ2) is 8.90. The highest BCUT2D eigenvalue weighted by atomic mass is 32.1. The summed E-state index contributed by atoms with van der Waals surface area (Å²) in [6, 6.07) is 5.35. The van der Waals surface area contributed by atoms with Gasteiger partial charge in [-0.1, -0.05) is 12.1 Å². The molecule has 0 unspecified atom stereocenters. The van der Waals surface area contributed by atoms with Crippen LogP contribution in [0, 0.1) is 12.7 Å². The van der Waals surface area contributed by atoms with Crippen LogP contribution < -0.4 is 4.74 Å². The zero-order valence-electron chi connectivity index (χ0n) is 17.6. The molecule has 5 nitrogen and oxygen atoms in total. The summed E-state index contributed by atoms with van der Waals surface area (Å²) >= 11 is 1.17. The monoisotopic (exact) mass is 501 g/mol. The van der Waals surface area contributed by atoms with Crippen LogP contribution >= 0.6 is 11.3 Å². The summed E-state index contributed by atoms with van der Waals surface area (Å²) in [7, 11) is 0. The van der Waals surface area contributed by atoms with E-state index in [1.54, 1.807) is 6.92 Å². The highest BCUT2D eigenvalue weighted by Gasteiger charge is 2.52. The molecule has 2 aromatic heterocycles. The minimum Gasteiger partial charge on any atom is -0.475 e. The van der Waals surface area contributed by atoms with Crippen molar-refractivity contribution in [3.63, 3.8) is 0 Å². The fraction of sp³-hybridized carbons (Fsp3) is 0.318. The number of rotatable bonds is 5. The van der Waals surface area contributed by atoms with Gasteiger partial charge in [-0.25, -0.2) is 23.1 Å². The van der Waals surface area contributed by atoms with Crippen molar-refractivity contribution in [2.75, 3.05) is 13.2 Å². The molecule has 180 valence electrons. The molecule has 1 amide bonds. The standard InChI is InChI=1S/C22H17F6N3O2S/c1-12-30-18(19(34-12)13-2-5-15(23)6-3-13)20(32)31-9-8-21(24,25)16(31)11-33-17-7-4-14(10-29-17)22(26,27)28/h2-7,10,16H,8-9,11H2,1H3/t16-/m1/s1. The molecule has 0 aliphatic carbocycles. The molecule has 0 radical (unpaired) electrons. The zero-order chi connectivity index (χ0) is 24.7. The van der Waals surface area contributed by atoms with Gasteiger partial charge in [0.2, 0.25) is 5.88 Å². The van der Waals surface area contributed by atoms with Crippen molar-refractivity contribution in [1.82, 2.24) is 14.9 Å². The molecule has 12 heteroatoms. The molecule has 1 aliphatic rings. The molecule has 1 atom stereocenters. The largest absolute Gasteiger partial charge is 0.475 e. The van der Waals surface area contributed by atoms with Gasteiger partial charge in [-0.3, -0.25) is 4.79 Å². The number of likely N-dealkylation sites (tertiary alicyclic amines) is 1. The molecule has 1 saturated heterocycles. The number of halogens is 6. The van der Waals surface area contributed by atoms with Crippen LogP contribution in [0.25, 0.3) is 10.4 Å². The van der Waals surface area contributed by atoms with Crippen LogP contribution in [0.15, 0.2) is 42.6 Å². The number of carbonyl (C=O) groups is 1. The Bertz CT molecular complexity index is 1180. The fourth-order valence-electron chi connectivity index (χ4n) is 3.58. The Morgan fingerprint density at radius 2 is 1.91 bits per heavy atom. The first-order valence-electron chi connectivity index (χ1n) is 10.0. The Labute approximate surface area is 194 Å². The third-order valence-electron chi connectivity index (χ3n) is 5.31. The lowest BCUT2D eigenvalue weighted by Crippen LogP contribution is -2.46. The fourth-order valence-corrected chi connectivity index (χ4v) is 4.49. The van der Waals surface area contributed by atoms with E-state index in [9.17, 15) is 31.1 Å². The normalized spacial score (nSPS) is 17.7. The minimum atomic E-state index is -4.60. The van der Waals surface area contributed by atoms with Crippen molar-refractivity contribution in [2.45, 2.75) is 31.5 Å². The molecule has 1 aliphatic heterocycles. The topological polar surface area (TPSA) is 55.3 Å². The van der Waals surface area contributed by atoms with Gasteiger partial charge in [-0.15, -0.1) is 11.3 Å². The summed E-state index contributed by atoms with van der Waals surface area (Å²) in [6.45, 7) is 0.718. The summed E-state index contributed by atoms with van der Waals surface area (Å²) in [5.41, 5.74) is -0.525. The van der Waals surface area contributed by atoms with E-state index in [1.165, 1.54) is 35.6 Å². The van der Waals surface area contributed by atoms with E-state index in [0.717, 1.165) is 17.0 Å². The van der Waals surface area contributed by atoms with Gasteiger partial charge in [-0.05, 0) is 30.7 Å². The maximum absolute atomic E-state index is 14.6. The number of amides is 1. The van der Waals surface area contributed by atoms with Crippen molar-refractivity contribution in [2.24, 2.45) is 0 Å². The number of hydrogen-bond donors (Lipinski definition) is 0. The van der Waals surface area contributed by atoms with Crippen LogP contribution in [0.3, 0.4) is 0 Å². The number of ether oxygens (including phenoxy) is 1. The van der Waals surface area contributed by atoms with Crippen LogP contribution in [0.2, 0.25) is 0 Å². The number of aromatic nitrogens is 2. The Hall–Kier alpha value is -3.15. The lowest BCUT2D eigenvalue weighted by Gasteiger charge is -2.27. The van der Waals surface area contributed by atoms with Crippen molar-refractivity contribution in [1.29, 1.82) is 0 Å². The smallest absolute Gasteiger partial charge is 0.417 e. The predicted octanol–water partition coefficient (Wildman–Crippen LogP) is 5.60. The molecule has 3 heterocycles. The Morgan fingerprint density at radius 3 is 2.53 bits per heavy atom. The van der Waals surface area contributed by atoms with Gasteiger partial charge in [0, 0.05) is 25.2 Å². The van der Waals surface area contributed by atoms with E-state index in [4.69, 9.17) is 4.74 Å². The van der Waals surface area contributed by atoms with Crippen LogP contribution in [0.5, 0.6) is 5.88 Å². The van der Waals surface area contributed by atoms with E-state index >= 15 is 0 Å². The van der Waals surface area contributed by atoms with Gasteiger partial charge in [-0.2, -0.15) is 13.2 Å². The van der Waals surface area contributed by atoms with E-state index in [-0.39, 0.29) is 18.1 Å². The van der Waals surface area contributed by atoms with E-state index < -0.39 is 48.5 Å². The quantitative estimate of drug-likeness (QED) is 0.427. The summed E-state index contributed by atoms with van der Waals surface area (Å²) in [6.07, 6.45) is -4.67. The summed E-state index contributed by atoms with van der Waals surface area (Å²) < 4.78 is 85.8. The molecular formula is C22H17F6N3O2S. The number of nitrogens with zero attached hydrogens (tertiary/aromatic N) is 3. The van der Waals surface area contributed by atoms with Crippen molar-refractivity contribution in [3.05, 3.63) is 64.7 Å². The molecule has 34 heavy (non-hydrogen) atoms. The first-order valence-corrected chi connectivity index (χ1v) is 10.9.